The van der Waals surface area contributed by atoms with Gasteiger partial charge < -0.3 is 9.64 Å². The lowest BCUT2D eigenvalue weighted by molar-refractivity contribution is -0.141. The van der Waals surface area contributed by atoms with Gasteiger partial charge in [-0.15, -0.1) is 0 Å². The number of amides is 1. The summed E-state index contributed by atoms with van der Waals surface area (Å²) in [6.07, 6.45) is -0.00830. The van der Waals surface area contributed by atoms with E-state index in [9.17, 15) is 14.0 Å². The van der Waals surface area contributed by atoms with Crippen LogP contribution in [-0.2, 0) is 14.3 Å². The molecule has 0 atom stereocenters. The summed E-state index contributed by atoms with van der Waals surface area (Å²) in [6.45, 7) is 0. The van der Waals surface area contributed by atoms with E-state index in [0.29, 0.717) is 0 Å². The molecule has 0 radical (unpaired) electrons. The van der Waals surface area contributed by atoms with Crippen LogP contribution in [0.4, 0.5) is 10.1 Å². The molecule has 1 amide bonds. The number of hydrogen-bond donors (Lipinski definition) is 0. The Bertz CT molecular complexity index is 420. The van der Waals surface area contributed by atoms with E-state index in [1.807, 2.05) is 0 Å². The van der Waals surface area contributed by atoms with Gasteiger partial charge in [-0.2, -0.15) is 0 Å². The van der Waals surface area contributed by atoms with E-state index in [2.05, 4.69) is 4.74 Å². The molecule has 0 fully saturated rings. The maximum Gasteiger partial charge on any atom is 0.306 e. The molecule has 92 valence electrons. The van der Waals surface area contributed by atoms with Crippen molar-refractivity contribution in [2.45, 2.75) is 12.8 Å². The lowest BCUT2D eigenvalue weighted by atomic mass is 10.2. The van der Waals surface area contributed by atoms with E-state index in [4.69, 9.17) is 0 Å². The van der Waals surface area contributed by atoms with E-state index in [-0.39, 0.29) is 24.4 Å². The molecule has 0 saturated carbocycles. The first kappa shape index (κ1) is 13.2. The molecule has 1 rings (SSSR count). The maximum absolute atomic E-state index is 13.4. The normalized spacial score (nSPS) is 9.82. The van der Waals surface area contributed by atoms with Gasteiger partial charge in [-0.1, -0.05) is 12.1 Å². The number of halogens is 1. The molecule has 0 unspecified atom stereocenters. The molecule has 0 aliphatic heterocycles. The van der Waals surface area contributed by atoms with Crippen molar-refractivity contribution < 1.29 is 18.7 Å². The number of ether oxygens (including phenoxy) is 1. The predicted molar refractivity (Wildman–Crippen MR) is 61.1 cm³/mol. The van der Waals surface area contributed by atoms with Crippen LogP contribution in [0.15, 0.2) is 24.3 Å². The monoisotopic (exact) mass is 239 g/mol. The quantitative estimate of drug-likeness (QED) is 0.752. The number of esters is 1. The summed E-state index contributed by atoms with van der Waals surface area (Å²) < 4.78 is 17.8. The molecule has 17 heavy (non-hydrogen) atoms. The number of hydrogen-bond acceptors (Lipinski definition) is 3. The zero-order valence-corrected chi connectivity index (χ0v) is 9.77. The lowest BCUT2D eigenvalue weighted by Crippen LogP contribution is -2.27. The van der Waals surface area contributed by atoms with Crippen LogP contribution in [0.25, 0.3) is 0 Å². The highest BCUT2D eigenvalue weighted by Crippen LogP contribution is 2.18. The summed E-state index contributed by atoms with van der Waals surface area (Å²) in [5.74, 6) is -1.26. The maximum atomic E-state index is 13.4. The van der Waals surface area contributed by atoms with Gasteiger partial charge in [-0.25, -0.2) is 4.39 Å². The molecule has 0 heterocycles. The molecular weight excluding hydrogens is 225 g/mol. The molecular formula is C12H14FNO3. The summed E-state index contributed by atoms with van der Waals surface area (Å²) in [7, 11) is 2.73. The van der Waals surface area contributed by atoms with Crippen LogP contribution < -0.4 is 4.90 Å². The van der Waals surface area contributed by atoms with Gasteiger partial charge in [-0.05, 0) is 12.1 Å². The fourth-order valence-corrected chi connectivity index (χ4v) is 1.34. The third kappa shape index (κ3) is 3.55. The topological polar surface area (TPSA) is 46.6 Å². The van der Waals surface area contributed by atoms with Gasteiger partial charge in [0.15, 0.2) is 0 Å². The number of anilines is 1. The van der Waals surface area contributed by atoms with Crippen LogP contribution in [0.2, 0.25) is 0 Å². The third-order valence-electron chi connectivity index (χ3n) is 2.36. The minimum absolute atomic E-state index is 0.00247. The van der Waals surface area contributed by atoms with Crippen molar-refractivity contribution in [2.24, 2.45) is 0 Å². The zero-order chi connectivity index (χ0) is 12.8. The molecule has 5 heteroatoms. The second kappa shape index (κ2) is 5.98. The van der Waals surface area contributed by atoms with Gasteiger partial charge in [0, 0.05) is 13.5 Å². The van der Waals surface area contributed by atoms with Crippen LogP contribution >= 0.6 is 0 Å². The first-order valence-corrected chi connectivity index (χ1v) is 5.14. The molecule has 4 nitrogen and oxygen atoms in total. The Morgan fingerprint density at radius 2 is 1.94 bits per heavy atom. The Kier molecular flexibility index (Phi) is 4.63. The molecule has 0 N–H and O–H groups in total. The summed E-state index contributed by atoms with van der Waals surface area (Å²) in [6, 6.07) is 5.97. The highest BCUT2D eigenvalue weighted by atomic mass is 19.1. The van der Waals surface area contributed by atoms with Crippen molar-refractivity contribution in [3.63, 3.8) is 0 Å². The highest BCUT2D eigenvalue weighted by molar-refractivity contribution is 5.94. The largest absolute Gasteiger partial charge is 0.469 e. The van der Waals surface area contributed by atoms with Crippen LogP contribution in [0.3, 0.4) is 0 Å². The average molecular weight is 239 g/mol. The Balaban J connectivity index is 2.64. The third-order valence-corrected chi connectivity index (χ3v) is 2.36. The number of benzene rings is 1. The smallest absolute Gasteiger partial charge is 0.306 e. The van der Waals surface area contributed by atoms with Crippen LogP contribution in [0.5, 0.6) is 0 Å². The fraction of sp³-hybridized carbons (Fsp3) is 0.333. The number of carbonyl (C=O) groups is 2. The SMILES string of the molecule is COC(=O)CCC(=O)N(C)c1ccccc1F. The predicted octanol–water partition coefficient (Wildman–Crippen LogP) is 1.74. The molecule has 1 aromatic carbocycles. The molecule has 0 aliphatic rings. The average Bonchev–Trinajstić information content (AvgIpc) is 2.35. The summed E-state index contributed by atoms with van der Waals surface area (Å²) in [5, 5.41) is 0. The van der Waals surface area contributed by atoms with Gasteiger partial charge >= 0.3 is 5.97 Å². The number of rotatable bonds is 4. The van der Waals surface area contributed by atoms with Crippen molar-refractivity contribution in [1.82, 2.24) is 0 Å². The van der Waals surface area contributed by atoms with E-state index in [1.165, 1.54) is 31.2 Å². The molecule has 0 aliphatic carbocycles. The lowest BCUT2D eigenvalue weighted by Gasteiger charge is -2.17. The van der Waals surface area contributed by atoms with Gasteiger partial charge in [0.05, 0.1) is 19.2 Å². The van der Waals surface area contributed by atoms with Crippen molar-refractivity contribution in [3.8, 4) is 0 Å². The Hall–Kier alpha value is -1.91. The van der Waals surface area contributed by atoms with Gasteiger partial charge in [0.2, 0.25) is 5.91 Å². The fourth-order valence-electron chi connectivity index (χ4n) is 1.34. The van der Waals surface area contributed by atoms with Crippen LogP contribution in [0, 0.1) is 5.82 Å². The summed E-state index contributed by atoms with van der Waals surface area (Å²) in [4.78, 5) is 23.7. The Morgan fingerprint density at radius 3 is 2.53 bits per heavy atom. The highest BCUT2D eigenvalue weighted by Gasteiger charge is 2.15. The zero-order valence-electron chi connectivity index (χ0n) is 9.77. The van der Waals surface area contributed by atoms with Crippen molar-refractivity contribution in [1.29, 1.82) is 0 Å². The van der Waals surface area contributed by atoms with E-state index in [1.54, 1.807) is 12.1 Å². The van der Waals surface area contributed by atoms with Gasteiger partial charge in [0.1, 0.15) is 5.82 Å². The second-order valence-electron chi connectivity index (χ2n) is 3.48. The summed E-state index contributed by atoms with van der Waals surface area (Å²) in [5.41, 5.74) is 0.197. The minimum Gasteiger partial charge on any atom is -0.469 e. The Morgan fingerprint density at radius 1 is 1.29 bits per heavy atom. The van der Waals surface area contributed by atoms with Crippen LogP contribution in [-0.4, -0.2) is 26.0 Å². The van der Waals surface area contributed by atoms with Gasteiger partial charge in [-0.3, -0.25) is 9.59 Å². The van der Waals surface area contributed by atoms with E-state index < -0.39 is 11.8 Å². The molecule has 1 aromatic rings. The van der Waals surface area contributed by atoms with Crippen molar-refractivity contribution in [2.75, 3.05) is 19.1 Å². The Labute approximate surface area is 99.0 Å². The molecule has 0 spiro atoms. The standard InChI is InChI=1S/C12H14FNO3/c1-14(10-6-4-3-5-9(10)13)11(15)7-8-12(16)17-2/h3-6H,7-8H2,1-2H3. The summed E-state index contributed by atoms with van der Waals surface area (Å²) >= 11 is 0. The molecule has 0 saturated heterocycles. The van der Waals surface area contributed by atoms with E-state index >= 15 is 0 Å². The van der Waals surface area contributed by atoms with E-state index in [0.717, 1.165) is 0 Å². The number of methoxy groups -OCH3 is 1. The first-order valence-electron chi connectivity index (χ1n) is 5.14. The first-order chi connectivity index (χ1) is 8.06. The molecule has 0 aromatic heterocycles. The number of carbonyl (C=O) groups excluding carboxylic acids is 2. The number of para-hydroxylation sites is 1. The minimum atomic E-state index is -0.471. The number of nitrogens with zero attached hydrogens (tertiary/aromatic N) is 1. The molecule has 0 bridgehead atoms. The van der Waals surface area contributed by atoms with Gasteiger partial charge in [0.25, 0.3) is 0 Å². The second-order valence-corrected chi connectivity index (χ2v) is 3.48. The van der Waals surface area contributed by atoms with Crippen molar-refractivity contribution >= 4 is 17.6 Å². The van der Waals surface area contributed by atoms with Crippen molar-refractivity contribution in [3.05, 3.63) is 30.1 Å². The van der Waals surface area contributed by atoms with Crippen LogP contribution in [0.1, 0.15) is 12.8 Å².